The van der Waals surface area contributed by atoms with E-state index in [0.717, 1.165) is 36.4 Å². The average Bonchev–Trinajstić information content (AvgIpc) is 2.90. The molecule has 0 spiro atoms. The Balaban J connectivity index is 2.29. The molecule has 0 radical (unpaired) electrons. The number of rotatable bonds is 7. The van der Waals surface area contributed by atoms with Gasteiger partial charge in [0.2, 0.25) is 4.77 Å². The average molecular weight is 320 g/mol. The first-order valence-electron chi connectivity index (χ1n) is 7.12. The highest BCUT2D eigenvalue weighted by atomic mass is 32.1. The fourth-order valence-corrected chi connectivity index (χ4v) is 2.18. The van der Waals surface area contributed by atoms with Crippen molar-refractivity contribution in [3.63, 3.8) is 0 Å². The topological polar surface area (TPSA) is 64.4 Å². The van der Waals surface area contributed by atoms with Gasteiger partial charge in [-0.25, -0.2) is 0 Å². The maximum atomic E-state index is 5.35. The van der Waals surface area contributed by atoms with Crippen molar-refractivity contribution in [3.8, 4) is 11.5 Å². The highest BCUT2D eigenvalue weighted by Gasteiger charge is 2.06. The summed E-state index contributed by atoms with van der Waals surface area (Å²) in [5.74, 6) is 2.25. The number of nitrogens with one attached hydrogen (secondary N) is 1. The Labute approximate surface area is 134 Å². The van der Waals surface area contributed by atoms with Gasteiger partial charge >= 0.3 is 0 Å². The fourth-order valence-electron chi connectivity index (χ4n) is 1.99. The van der Waals surface area contributed by atoms with Gasteiger partial charge in [-0.3, -0.25) is 5.10 Å². The molecule has 0 saturated carbocycles. The van der Waals surface area contributed by atoms with Crippen LogP contribution in [0.1, 0.15) is 31.2 Å². The van der Waals surface area contributed by atoms with E-state index in [1.807, 2.05) is 18.2 Å². The number of ether oxygens (including phenoxy) is 2. The van der Waals surface area contributed by atoms with Crippen LogP contribution in [0.2, 0.25) is 0 Å². The van der Waals surface area contributed by atoms with Gasteiger partial charge in [-0.2, -0.15) is 14.9 Å². The molecule has 0 aliphatic carbocycles. The molecule has 118 valence electrons. The standard InChI is InChI=1S/C15H20N4O2S/c1-4-5-6-14-17-18-15(22)19(14)16-10-11-7-8-12(20-2)9-13(11)21-3/h7-10H,4-6H2,1-3H3,(H,18,22)/b16-10-. The van der Waals surface area contributed by atoms with E-state index in [9.17, 15) is 0 Å². The van der Waals surface area contributed by atoms with Crippen LogP contribution < -0.4 is 9.47 Å². The lowest BCUT2D eigenvalue weighted by Crippen LogP contribution is -2.00. The van der Waals surface area contributed by atoms with Crippen molar-refractivity contribution in [1.82, 2.24) is 14.9 Å². The molecule has 1 heterocycles. The summed E-state index contributed by atoms with van der Waals surface area (Å²) in [6.07, 6.45) is 4.68. The Morgan fingerprint density at radius 3 is 2.86 bits per heavy atom. The van der Waals surface area contributed by atoms with Crippen molar-refractivity contribution in [2.75, 3.05) is 14.2 Å². The van der Waals surface area contributed by atoms with Gasteiger partial charge in [0, 0.05) is 18.1 Å². The van der Waals surface area contributed by atoms with Crippen LogP contribution in [0.5, 0.6) is 11.5 Å². The largest absolute Gasteiger partial charge is 0.497 e. The minimum Gasteiger partial charge on any atom is -0.497 e. The quantitative estimate of drug-likeness (QED) is 0.628. The van der Waals surface area contributed by atoms with Crippen LogP contribution in [-0.4, -0.2) is 35.3 Å². The van der Waals surface area contributed by atoms with E-state index in [1.54, 1.807) is 25.1 Å². The van der Waals surface area contributed by atoms with Crippen molar-refractivity contribution in [1.29, 1.82) is 0 Å². The van der Waals surface area contributed by atoms with Gasteiger partial charge in [0.25, 0.3) is 0 Å². The molecule has 22 heavy (non-hydrogen) atoms. The number of aromatic nitrogens is 3. The van der Waals surface area contributed by atoms with E-state index < -0.39 is 0 Å². The molecule has 0 aliphatic rings. The Morgan fingerprint density at radius 1 is 1.36 bits per heavy atom. The van der Waals surface area contributed by atoms with Crippen LogP contribution in [-0.2, 0) is 6.42 Å². The third-order valence-corrected chi connectivity index (χ3v) is 3.49. The second-order valence-electron chi connectivity index (χ2n) is 4.71. The minimum atomic E-state index is 0.481. The SMILES string of the molecule is CCCCc1n[nH]c(=S)n1/N=C\c1ccc(OC)cc1OC. The van der Waals surface area contributed by atoms with Gasteiger partial charge in [0.05, 0.1) is 20.4 Å². The number of methoxy groups -OCH3 is 2. The van der Waals surface area contributed by atoms with E-state index in [-0.39, 0.29) is 0 Å². The summed E-state index contributed by atoms with van der Waals surface area (Å²) in [6.45, 7) is 2.14. The summed E-state index contributed by atoms with van der Waals surface area (Å²) < 4.78 is 12.7. The summed E-state index contributed by atoms with van der Waals surface area (Å²) in [6, 6.07) is 5.56. The molecular weight excluding hydrogens is 300 g/mol. The number of unbranched alkanes of at least 4 members (excludes halogenated alkanes) is 1. The number of H-pyrrole nitrogens is 1. The van der Waals surface area contributed by atoms with Crippen molar-refractivity contribution >= 4 is 18.4 Å². The molecule has 2 rings (SSSR count). The lowest BCUT2D eigenvalue weighted by Gasteiger charge is -2.07. The molecule has 1 aromatic heterocycles. The van der Waals surface area contributed by atoms with Crippen molar-refractivity contribution in [3.05, 3.63) is 34.4 Å². The molecule has 2 aromatic rings. The molecule has 0 bridgehead atoms. The summed E-state index contributed by atoms with van der Waals surface area (Å²) in [5.41, 5.74) is 0.841. The van der Waals surface area contributed by atoms with Crippen LogP contribution in [0.3, 0.4) is 0 Å². The molecule has 0 aliphatic heterocycles. The lowest BCUT2D eigenvalue weighted by atomic mass is 10.2. The van der Waals surface area contributed by atoms with Gasteiger partial charge in [0.15, 0.2) is 5.82 Å². The minimum absolute atomic E-state index is 0.481. The van der Waals surface area contributed by atoms with Crippen LogP contribution in [0.15, 0.2) is 23.3 Å². The smallest absolute Gasteiger partial charge is 0.216 e. The molecule has 0 saturated heterocycles. The number of aromatic amines is 1. The number of hydrogen-bond donors (Lipinski definition) is 1. The number of hydrogen-bond acceptors (Lipinski definition) is 5. The molecule has 6 nitrogen and oxygen atoms in total. The molecule has 0 atom stereocenters. The van der Waals surface area contributed by atoms with Gasteiger partial charge in [-0.15, -0.1) is 0 Å². The van der Waals surface area contributed by atoms with Crippen LogP contribution in [0.4, 0.5) is 0 Å². The Bertz CT molecular complexity index is 706. The fraction of sp³-hybridized carbons (Fsp3) is 0.400. The number of nitrogens with zero attached hydrogens (tertiary/aromatic N) is 3. The highest BCUT2D eigenvalue weighted by Crippen LogP contribution is 2.23. The van der Waals surface area contributed by atoms with Crippen molar-refractivity contribution < 1.29 is 9.47 Å². The normalized spacial score (nSPS) is 11.0. The zero-order chi connectivity index (χ0) is 15.9. The number of aryl methyl sites for hydroxylation is 1. The predicted molar refractivity (Wildman–Crippen MR) is 88.6 cm³/mol. The van der Waals surface area contributed by atoms with Gasteiger partial charge in [0.1, 0.15) is 11.5 Å². The molecule has 7 heteroatoms. The first-order valence-corrected chi connectivity index (χ1v) is 7.53. The molecule has 0 fully saturated rings. The first kappa shape index (κ1) is 16.2. The van der Waals surface area contributed by atoms with Crippen LogP contribution in [0, 0.1) is 4.77 Å². The maximum absolute atomic E-state index is 5.35. The van der Waals surface area contributed by atoms with Gasteiger partial charge < -0.3 is 9.47 Å². The van der Waals surface area contributed by atoms with Gasteiger partial charge in [-0.05, 0) is 30.8 Å². The van der Waals surface area contributed by atoms with Crippen molar-refractivity contribution in [2.24, 2.45) is 5.10 Å². The van der Waals surface area contributed by atoms with E-state index >= 15 is 0 Å². The molecule has 0 amide bonds. The van der Waals surface area contributed by atoms with Crippen LogP contribution in [0.25, 0.3) is 0 Å². The summed E-state index contributed by atoms with van der Waals surface area (Å²) >= 11 is 5.22. The maximum Gasteiger partial charge on any atom is 0.216 e. The van der Waals surface area contributed by atoms with Gasteiger partial charge in [-0.1, -0.05) is 13.3 Å². The van der Waals surface area contributed by atoms with Crippen LogP contribution >= 0.6 is 12.2 Å². The second-order valence-corrected chi connectivity index (χ2v) is 5.10. The van der Waals surface area contributed by atoms with Crippen molar-refractivity contribution in [2.45, 2.75) is 26.2 Å². The Hall–Kier alpha value is -2.15. The van der Waals surface area contributed by atoms with E-state index in [4.69, 9.17) is 21.7 Å². The molecular formula is C15H20N4O2S. The van der Waals surface area contributed by atoms with E-state index in [0.29, 0.717) is 10.5 Å². The predicted octanol–water partition coefficient (Wildman–Crippen LogP) is 3.18. The summed E-state index contributed by atoms with van der Waals surface area (Å²) in [5, 5.41) is 11.4. The zero-order valence-electron chi connectivity index (χ0n) is 13.0. The first-order chi connectivity index (χ1) is 10.7. The molecule has 1 aromatic carbocycles. The third-order valence-electron chi connectivity index (χ3n) is 3.22. The monoisotopic (exact) mass is 320 g/mol. The second kappa shape index (κ2) is 7.74. The Kier molecular flexibility index (Phi) is 5.71. The lowest BCUT2D eigenvalue weighted by molar-refractivity contribution is 0.394. The summed E-state index contributed by atoms with van der Waals surface area (Å²) in [7, 11) is 3.23. The van der Waals surface area contributed by atoms with E-state index in [1.165, 1.54) is 0 Å². The molecule has 0 unspecified atom stereocenters. The Morgan fingerprint density at radius 2 is 2.18 bits per heavy atom. The number of benzene rings is 1. The third kappa shape index (κ3) is 3.73. The summed E-state index contributed by atoms with van der Waals surface area (Å²) in [4.78, 5) is 0. The molecule has 1 N–H and O–H groups in total. The van der Waals surface area contributed by atoms with E-state index in [2.05, 4.69) is 22.2 Å². The highest BCUT2D eigenvalue weighted by molar-refractivity contribution is 7.71. The zero-order valence-corrected chi connectivity index (χ0v) is 13.8.